The molecule has 0 aliphatic carbocycles. The lowest BCUT2D eigenvalue weighted by molar-refractivity contribution is -0.135. The standard InChI is InChI=1S/C12H19N3O2/c1-7-9-5-13-4-8(9)6-15(7)12(17)10-2-3-11(16)14-10/h7-10,13H,2-6H2,1H3,(H,14,16)/t7?,8?,9?,10-/m1/s1. The Hall–Kier alpha value is -1.10. The minimum absolute atomic E-state index is 0.0112. The molecule has 3 unspecified atom stereocenters. The number of fused-ring (bicyclic) bond motifs is 1. The fourth-order valence-electron chi connectivity index (χ4n) is 3.46. The van der Waals surface area contributed by atoms with Crippen molar-refractivity contribution in [2.45, 2.75) is 31.8 Å². The number of hydrogen-bond donors (Lipinski definition) is 2. The molecule has 2 N–H and O–H groups in total. The average Bonchev–Trinajstić information content (AvgIpc) is 2.96. The van der Waals surface area contributed by atoms with Crippen molar-refractivity contribution in [1.82, 2.24) is 15.5 Å². The lowest BCUT2D eigenvalue weighted by atomic mass is 9.95. The normalized spacial score (nSPS) is 40.5. The maximum atomic E-state index is 12.3. The number of likely N-dealkylation sites (tertiary alicyclic amines) is 1. The fraction of sp³-hybridized carbons (Fsp3) is 0.833. The highest BCUT2D eigenvalue weighted by molar-refractivity contribution is 5.91. The Labute approximate surface area is 101 Å². The van der Waals surface area contributed by atoms with E-state index in [1.165, 1.54) is 0 Å². The second-order valence-corrected chi connectivity index (χ2v) is 5.47. The molecule has 3 aliphatic heterocycles. The Bertz CT molecular complexity index is 358. The van der Waals surface area contributed by atoms with Crippen LogP contribution in [0.4, 0.5) is 0 Å². The van der Waals surface area contributed by atoms with Crippen molar-refractivity contribution in [2.24, 2.45) is 11.8 Å². The second kappa shape index (κ2) is 3.98. The summed E-state index contributed by atoms with van der Waals surface area (Å²) in [6.07, 6.45) is 1.15. The number of hydrogen-bond acceptors (Lipinski definition) is 3. The third kappa shape index (κ3) is 1.73. The van der Waals surface area contributed by atoms with Gasteiger partial charge in [0.1, 0.15) is 6.04 Å². The summed E-state index contributed by atoms with van der Waals surface area (Å²) in [6.45, 7) is 5.03. The summed E-state index contributed by atoms with van der Waals surface area (Å²) >= 11 is 0. The SMILES string of the molecule is CC1C2CNCC2CN1C(=O)[C@H]1CCC(=O)N1. The summed E-state index contributed by atoms with van der Waals surface area (Å²) < 4.78 is 0. The van der Waals surface area contributed by atoms with Gasteiger partial charge in [-0.25, -0.2) is 0 Å². The van der Waals surface area contributed by atoms with Crippen LogP contribution < -0.4 is 10.6 Å². The van der Waals surface area contributed by atoms with E-state index in [2.05, 4.69) is 17.6 Å². The molecular weight excluding hydrogens is 218 g/mol. The van der Waals surface area contributed by atoms with Crippen LogP contribution in [-0.2, 0) is 9.59 Å². The first-order chi connectivity index (χ1) is 8.16. The van der Waals surface area contributed by atoms with Crippen molar-refractivity contribution in [2.75, 3.05) is 19.6 Å². The molecule has 0 radical (unpaired) electrons. The van der Waals surface area contributed by atoms with Gasteiger partial charge in [-0.1, -0.05) is 0 Å². The van der Waals surface area contributed by atoms with E-state index in [4.69, 9.17) is 0 Å². The van der Waals surface area contributed by atoms with Crippen molar-refractivity contribution in [3.8, 4) is 0 Å². The van der Waals surface area contributed by atoms with Gasteiger partial charge in [-0.2, -0.15) is 0 Å². The predicted molar refractivity (Wildman–Crippen MR) is 62.2 cm³/mol. The molecule has 3 rings (SSSR count). The zero-order valence-electron chi connectivity index (χ0n) is 10.1. The molecule has 3 heterocycles. The van der Waals surface area contributed by atoms with Gasteiger partial charge >= 0.3 is 0 Å². The quantitative estimate of drug-likeness (QED) is 0.636. The van der Waals surface area contributed by atoms with Crippen LogP contribution in [0, 0.1) is 11.8 Å². The van der Waals surface area contributed by atoms with E-state index in [1.54, 1.807) is 0 Å². The summed E-state index contributed by atoms with van der Waals surface area (Å²) in [4.78, 5) is 25.5. The van der Waals surface area contributed by atoms with Gasteiger partial charge in [-0.05, 0) is 25.2 Å². The minimum Gasteiger partial charge on any atom is -0.344 e. The van der Waals surface area contributed by atoms with Crippen LogP contribution in [0.25, 0.3) is 0 Å². The Morgan fingerprint density at radius 1 is 1.41 bits per heavy atom. The highest BCUT2D eigenvalue weighted by Gasteiger charge is 2.45. The Morgan fingerprint density at radius 2 is 2.24 bits per heavy atom. The maximum absolute atomic E-state index is 12.3. The number of nitrogens with zero attached hydrogens (tertiary/aromatic N) is 1. The molecule has 5 nitrogen and oxygen atoms in total. The van der Waals surface area contributed by atoms with Crippen LogP contribution >= 0.6 is 0 Å². The number of carbonyl (C=O) groups excluding carboxylic acids is 2. The second-order valence-electron chi connectivity index (χ2n) is 5.47. The summed E-state index contributed by atoms with van der Waals surface area (Å²) in [7, 11) is 0. The summed E-state index contributed by atoms with van der Waals surface area (Å²) in [5, 5.41) is 6.15. The van der Waals surface area contributed by atoms with Crippen LogP contribution in [-0.4, -0.2) is 48.4 Å². The van der Waals surface area contributed by atoms with Gasteiger partial charge < -0.3 is 15.5 Å². The van der Waals surface area contributed by atoms with E-state index in [9.17, 15) is 9.59 Å². The van der Waals surface area contributed by atoms with E-state index in [1.807, 2.05) is 4.90 Å². The van der Waals surface area contributed by atoms with Gasteiger partial charge in [0.25, 0.3) is 0 Å². The molecule has 3 fully saturated rings. The van der Waals surface area contributed by atoms with E-state index in [0.717, 1.165) is 19.6 Å². The number of rotatable bonds is 1. The van der Waals surface area contributed by atoms with E-state index >= 15 is 0 Å². The Balaban J connectivity index is 1.69. The third-order valence-electron chi connectivity index (χ3n) is 4.51. The predicted octanol–water partition coefficient (Wildman–Crippen LogP) is -0.669. The topological polar surface area (TPSA) is 61.4 Å². The molecule has 0 saturated carbocycles. The van der Waals surface area contributed by atoms with Crippen LogP contribution in [0.3, 0.4) is 0 Å². The molecule has 0 aromatic heterocycles. The van der Waals surface area contributed by atoms with Crippen molar-refractivity contribution in [3.05, 3.63) is 0 Å². The van der Waals surface area contributed by atoms with E-state index in [-0.39, 0.29) is 17.9 Å². The maximum Gasteiger partial charge on any atom is 0.245 e. The highest BCUT2D eigenvalue weighted by atomic mass is 16.2. The van der Waals surface area contributed by atoms with E-state index in [0.29, 0.717) is 30.7 Å². The third-order valence-corrected chi connectivity index (χ3v) is 4.51. The summed E-state index contributed by atoms with van der Waals surface area (Å²) in [5.41, 5.74) is 0. The van der Waals surface area contributed by atoms with Crippen LogP contribution in [0.2, 0.25) is 0 Å². The molecule has 2 amide bonds. The minimum atomic E-state index is -0.267. The summed E-state index contributed by atoms with van der Waals surface area (Å²) in [6, 6.07) is 0.0386. The first-order valence-electron chi connectivity index (χ1n) is 6.47. The molecular formula is C12H19N3O2. The van der Waals surface area contributed by atoms with Gasteiger partial charge in [-0.15, -0.1) is 0 Å². The van der Waals surface area contributed by atoms with Crippen LogP contribution in [0.1, 0.15) is 19.8 Å². The van der Waals surface area contributed by atoms with Gasteiger partial charge in [0, 0.05) is 32.1 Å². The monoisotopic (exact) mass is 237 g/mol. The molecule has 0 spiro atoms. The number of carbonyl (C=O) groups is 2. The van der Waals surface area contributed by atoms with Crippen molar-refractivity contribution in [1.29, 1.82) is 0 Å². The number of amides is 2. The highest BCUT2D eigenvalue weighted by Crippen LogP contribution is 2.33. The molecule has 94 valence electrons. The van der Waals surface area contributed by atoms with E-state index < -0.39 is 0 Å². The molecule has 0 bridgehead atoms. The van der Waals surface area contributed by atoms with Gasteiger partial charge in [-0.3, -0.25) is 9.59 Å². The zero-order valence-corrected chi connectivity index (χ0v) is 10.1. The zero-order chi connectivity index (χ0) is 12.0. The smallest absolute Gasteiger partial charge is 0.245 e. The van der Waals surface area contributed by atoms with Crippen molar-refractivity contribution >= 4 is 11.8 Å². The lowest BCUT2D eigenvalue weighted by Gasteiger charge is -2.27. The van der Waals surface area contributed by atoms with Crippen molar-refractivity contribution in [3.63, 3.8) is 0 Å². The Kier molecular flexibility index (Phi) is 2.58. The van der Waals surface area contributed by atoms with Gasteiger partial charge in [0.2, 0.25) is 11.8 Å². The van der Waals surface area contributed by atoms with Crippen LogP contribution in [0.15, 0.2) is 0 Å². The Morgan fingerprint density at radius 3 is 2.88 bits per heavy atom. The fourth-order valence-corrected chi connectivity index (χ4v) is 3.46. The largest absolute Gasteiger partial charge is 0.344 e. The summed E-state index contributed by atoms with van der Waals surface area (Å²) in [5.74, 6) is 1.33. The number of nitrogens with one attached hydrogen (secondary N) is 2. The lowest BCUT2D eigenvalue weighted by Crippen LogP contribution is -2.47. The molecule has 4 atom stereocenters. The van der Waals surface area contributed by atoms with Gasteiger partial charge in [0.05, 0.1) is 0 Å². The molecule has 5 heteroatoms. The first kappa shape index (κ1) is 11.0. The first-order valence-corrected chi connectivity index (χ1v) is 6.47. The average molecular weight is 237 g/mol. The molecule has 3 aliphatic rings. The van der Waals surface area contributed by atoms with Crippen molar-refractivity contribution < 1.29 is 9.59 Å². The van der Waals surface area contributed by atoms with Gasteiger partial charge in [0.15, 0.2) is 0 Å². The molecule has 0 aromatic rings. The molecule has 17 heavy (non-hydrogen) atoms. The molecule has 3 saturated heterocycles. The molecule has 0 aromatic carbocycles. The van der Waals surface area contributed by atoms with Crippen LogP contribution in [0.5, 0.6) is 0 Å².